The van der Waals surface area contributed by atoms with Crippen LogP contribution in [0.1, 0.15) is 67.6 Å². The van der Waals surface area contributed by atoms with Gasteiger partial charge >= 0.3 is 5.97 Å². The third-order valence-electron chi connectivity index (χ3n) is 4.26. The summed E-state index contributed by atoms with van der Waals surface area (Å²) < 4.78 is 1.74. The fourth-order valence-electron chi connectivity index (χ4n) is 3.01. The van der Waals surface area contributed by atoms with Gasteiger partial charge in [0.25, 0.3) is 5.56 Å². The van der Waals surface area contributed by atoms with E-state index in [1.807, 2.05) is 0 Å². The predicted octanol–water partition coefficient (Wildman–Crippen LogP) is 3.25. The van der Waals surface area contributed by atoms with Crippen molar-refractivity contribution in [2.45, 2.75) is 65.3 Å². The Morgan fingerprint density at radius 1 is 1.24 bits per heavy atom. The Labute approximate surface area is 125 Å². The molecular formula is C17H25NO3. The Morgan fingerprint density at radius 3 is 2.52 bits per heavy atom. The van der Waals surface area contributed by atoms with Crippen LogP contribution in [0.2, 0.25) is 0 Å². The topological polar surface area (TPSA) is 59.3 Å². The molecule has 1 aliphatic carbocycles. The molecule has 1 aromatic heterocycles. The molecule has 0 atom stereocenters. The van der Waals surface area contributed by atoms with Crippen LogP contribution in [0.25, 0.3) is 0 Å². The fourth-order valence-corrected chi connectivity index (χ4v) is 3.01. The second-order valence-corrected chi connectivity index (χ2v) is 6.39. The summed E-state index contributed by atoms with van der Waals surface area (Å²) in [6.07, 6.45) is 7.22. The molecule has 1 N–H and O–H groups in total. The van der Waals surface area contributed by atoms with E-state index in [4.69, 9.17) is 0 Å². The first kappa shape index (κ1) is 15.8. The largest absolute Gasteiger partial charge is 0.477 e. The molecule has 0 bridgehead atoms. The maximum atomic E-state index is 12.5. The van der Waals surface area contributed by atoms with Crippen LogP contribution in [-0.2, 0) is 19.4 Å². The van der Waals surface area contributed by atoms with Gasteiger partial charge < -0.3 is 9.67 Å². The minimum Gasteiger partial charge on any atom is -0.477 e. The molecule has 21 heavy (non-hydrogen) atoms. The Kier molecular flexibility index (Phi) is 5.21. The predicted molar refractivity (Wildman–Crippen MR) is 83.0 cm³/mol. The summed E-state index contributed by atoms with van der Waals surface area (Å²) in [4.78, 5) is 23.8. The van der Waals surface area contributed by atoms with Gasteiger partial charge in [-0.1, -0.05) is 26.7 Å². The van der Waals surface area contributed by atoms with Crippen molar-refractivity contribution in [2.75, 3.05) is 0 Å². The van der Waals surface area contributed by atoms with Crippen molar-refractivity contribution in [3.05, 3.63) is 33.2 Å². The van der Waals surface area contributed by atoms with Crippen LogP contribution >= 0.6 is 0 Å². The van der Waals surface area contributed by atoms with Crippen molar-refractivity contribution in [1.29, 1.82) is 0 Å². The molecule has 0 aliphatic heterocycles. The van der Waals surface area contributed by atoms with Crippen LogP contribution in [0.3, 0.4) is 0 Å². The number of rotatable bonds is 4. The van der Waals surface area contributed by atoms with Gasteiger partial charge in [0, 0.05) is 12.2 Å². The van der Waals surface area contributed by atoms with Gasteiger partial charge in [0.15, 0.2) is 0 Å². The molecule has 2 rings (SSSR count). The number of hydrogen-bond donors (Lipinski definition) is 1. The standard InChI is InChI=1S/C17H25NO3/c1-12(2)9-10-18-15-8-6-4-3-5-7-13(15)11-14(16(18)19)17(20)21/h11-12H,3-10H2,1-2H3,(H,20,21). The molecule has 0 aromatic carbocycles. The van der Waals surface area contributed by atoms with E-state index >= 15 is 0 Å². The van der Waals surface area contributed by atoms with Crippen LogP contribution in [0.15, 0.2) is 10.9 Å². The average Bonchev–Trinajstić information content (AvgIpc) is 2.38. The lowest BCUT2D eigenvalue weighted by molar-refractivity contribution is 0.0694. The van der Waals surface area contributed by atoms with Crippen molar-refractivity contribution < 1.29 is 9.90 Å². The number of fused-ring (bicyclic) bond motifs is 1. The number of aryl methyl sites for hydroxylation is 1. The molecule has 0 unspecified atom stereocenters. The Morgan fingerprint density at radius 2 is 1.90 bits per heavy atom. The van der Waals surface area contributed by atoms with E-state index in [1.54, 1.807) is 10.6 Å². The third-order valence-corrected chi connectivity index (χ3v) is 4.26. The Balaban J connectivity index is 2.51. The molecule has 1 heterocycles. The first-order valence-electron chi connectivity index (χ1n) is 7.99. The van der Waals surface area contributed by atoms with Crippen molar-refractivity contribution in [1.82, 2.24) is 4.57 Å². The van der Waals surface area contributed by atoms with Gasteiger partial charge in [-0.05, 0) is 49.7 Å². The van der Waals surface area contributed by atoms with Crippen LogP contribution in [-0.4, -0.2) is 15.6 Å². The highest BCUT2D eigenvalue weighted by Gasteiger charge is 2.19. The first-order chi connectivity index (χ1) is 10.0. The number of aromatic carboxylic acids is 1. The van der Waals surface area contributed by atoms with Crippen LogP contribution in [0, 0.1) is 5.92 Å². The van der Waals surface area contributed by atoms with E-state index in [-0.39, 0.29) is 11.1 Å². The van der Waals surface area contributed by atoms with Gasteiger partial charge in [-0.25, -0.2) is 4.79 Å². The van der Waals surface area contributed by atoms with E-state index in [9.17, 15) is 14.7 Å². The summed E-state index contributed by atoms with van der Waals surface area (Å²) in [5.41, 5.74) is 1.74. The summed E-state index contributed by atoms with van der Waals surface area (Å²) in [6, 6.07) is 1.62. The number of pyridine rings is 1. The molecule has 4 nitrogen and oxygen atoms in total. The zero-order valence-corrected chi connectivity index (χ0v) is 13.0. The highest BCUT2D eigenvalue weighted by molar-refractivity contribution is 5.87. The van der Waals surface area contributed by atoms with Gasteiger partial charge in [-0.2, -0.15) is 0 Å². The van der Waals surface area contributed by atoms with Gasteiger partial charge in [0.2, 0.25) is 0 Å². The van der Waals surface area contributed by atoms with Gasteiger partial charge in [0.05, 0.1) is 0 Å². The summed E-state index contributed by atoms with van der Waals surface area (Å²) >= 11 is 0. The minimum absolute atomic E-state index is 0.0712. The molecule has 0 saturated heterocycles. The minimum atomic E-state index is -1.11. The quantitative estimate of drug-likeness (QED) is 0.926. The van der Waals surface area contributed by atoms with Crippen molar-refractivity contribution >= 4 is 5.97 Å². The molecule has 0 saturated carbocycles. The smallest absolute Gasteiger partial charge is 0.341 e. The number of carboxylic acids is 1. The monoisotopic (exact) mass is 291 g/mol. The number of aromatic nitrogens is 1. The molecule has 4 heteroatoms. The zero-order valence-electron chi connectivity index (χ0n) is 13.0. The SMILES string of the molecule is CC(C)CCn1c2c(cc(C(=O)O)c1=O)CCCCCC2. The summed E-state index contributed by atoms with van der Waals surface area (Å²) in [6.45, 7) is 4.87. The molecule has 0 fully saturated rings. The average molecular weight is 291 g/mol. The van der Waals surface area contributed by atoms with Crippen molar-refractivity contribution in [3.63, 3.8) is 0 Å². The van der Waals surface area contributed by atoms with Crippen LogP contribution in [0.4, 0.5) is 0 Å². The molecule has 0 spiro atoms. The third kappa shape index (κ3) is 3.74. The summed E-state index contributed by atoms with van der Waals surface area (Å²) in [5, 5.41) is 9.28. The first-order valence-corrected chi connectivity index (χ1v) is 7.99. The number of nitrogens with zero attached hydrogens (tertiary/aromatic N) is 1. The van der Waals surface area contributed by atoms with Crippen molar-refractivity contribution in [2.24, 2.45) is 5.92 Å². The maximum Gasteiger partial charge on any atom is 0.341 e. The number of carboxylic acid groups (broad SMARTS) is 1. The summed E-state index contributed by atoms with van der Waals surface area (Å²) in [7, 11) is 0. The lowest BCUT2D eigenvalue weighted by atomic mass is 9.95. The molecule has 116 valence electrons. The zero-order chi connectivity index (χ0) is 15.4. The van der Waals surface area contributed by atoms with Crippen LogP contribution in [0.5, 0.6) is 0 Å². The highest BCUT2D eigenvalue weighted by atomic mass is 16.4. The molecular weight excluding hydrogens is 266 g/mol. The van der Waals surface area contributed by atoms with E-state index in [0.29, 0.717) is 12.5 Å². The second-order valence-electron chi connectivity index (χ2n) is 6.39. The Hall–Kier alpha value is -1.58. The maximum absolute atomic E-state index is 12.5. The van der Waals surface area contributed by atoms with Crippen molar-refractivity contribution in [3.8, 4) is 0 Å². The van der Waals surface area contributed by atoms with Gasteiger partial charge in [-0.15, -0.1) is 0 Å². The van der Waals surface area contributed by atoms with Gasteiger partial charge in [-0.3, -0.25) is 4.79 Å². The highest BCUT2D eigenvalue weighted by Crippen LogP contribution is 2.21. The molecule has 0 radical (unpaired) electrons. The van der Waals surface area contributed by atoms with E-state index < -0.39 is 5.97 Å². The number of hydrogen-bond acceptors (Lipinski definition) is 2. The lowest BCUT2D eigenvalue weighted by Crippen LogP contribution is -2.31. The van der Waals surface area contributed by atoms with Gasteiger partial charge in [0.1, 0.15) is 5.56 Å². The molecule has 0 amide bonds. The summed E-state index contributed by atoms with van der Waals surface area (Å²) in [5.74, 6) is -0.613. The van der Waals surface area contributed by atoms with Crippen LogP contribution < -0.4 is 5.56 Å². The number of carbonyl (C=O) groups is 1. The molecule has 1 aromatic rings. The van der Waals surface area contributed by atoms with E-state index in [0.717, 1.165) is 43.4 Å². The van der Waals surface area contributed by atoms with E-state index in [2.05, 4.69) is 13.8 Å². The fraction of sp³-hybridized carbons (Fsp3) is 0.647. The lowest BCUT2D eigenvalue weighted by Gasteiger charge is -2.21. The Bertz CT molecular complexity index is 572. The molecule has 1 aliphatic rings. The normalized spacial score (nSPS) is 15.4. The second kappa shape index (κ2) is 6.92. The van der Waals surface area contributed by atoms with E-state index in [1.165, 1.54) is 12.8 Å².